The summed E-state index contributed by atoms with van der Waals surface area (Å²) in [7, 11) is 0. The number of aromatic nitrogens is 1. The monoisotopic (exact) mass is 401 g/mol. The van der Waals surface area contributed by atoms with Gasteiger partial charge in [-0.2, -0.15) is 4.57 Å². The van der Waals surface area contributed by atoms with E-state index in [1.54, 1.807) is 16.7 Å². The summed E-state index contributed by atoms with van der Waals surface area (Å²) in [6, 6.07) is 17.3. The van der Waals surface area contributed by atoms with Gasteiger partial charge in [0.1, 0.15) is 0 Å². The SMILES string of the molecule is CCc1cccc(NC(=S)/C(=C(\O)c2ccc(Cl)s2)[n+]2ccccc2)c1. The third kappa shape index (κ3) is 4.30. The molecule has 0 amide bonds. The van der Waals surface area contributed by atoms with Crippen molar-refractivity contribution in [1.29, 1.82) is 0 Å². The van der Waals surface area contributed by atoms with Gasteiger partial charge < -0.3 is 10.4 Å². The van der Waals surface area contributed by atoms with E-state index in [2.05, 4.69) is 24.4 Å². The van der Waals surface area contributed by atoms with Crippen molar-refractivity contribution in [3.8, 4) is 0 Å². The average Bonchev–Trinajstić information content (AvgIpc) is 3.09. The summed E-state index contributed by atoms with van der Waals surface area (Å²) in [5, 5.41) is 14.1. The minimum Gasteiger partial charge on any atom is -0.501 e. The summed E-state index contributed by atoms with van der Waals surface area (Å²) in [6.07, 6.45) is 4.63. The predicted octanol–water partition coefficient (Wildman–Crippen LogP) is 5.57. The summed E-state index contributed by atoms with van der Waals surface area (Å²) in [5.74, 6) is 0.0854. The summed E-state index contributed by atoms with van der Waals surface area (Å²) < 4.78 is 2.40. The van der Waals surface area contributed by atoms with Crippen LogP contribution < -0.4 is 9.88 Å². The number of rotatable bonds is 5. The second-order valence-electron chi connectivity index (χ2n) is 5.59. The molecule has 3 aromatic rings. The smallest absolute Gasteiger partial charge is 0.289 e. The first-order valence-corrected chi connectivity index (χ1v) is 9.74. The van der Waals surface area contributed by atoms with Gasteiger partial charge in [0.25, 0.3) is 5.70 Å². The van der Waals surface area contributed by atoms with E-state index in [-0.39, 0.29) is 5.76 Å². The Morgan fingerprint density at radius 3 is 2.58 bits per heavy atom. The van der Waals surface area contributed by atoms with Crippen LogP contribution in [0.3, 0.4) is 0 Å². The van der Waals surface area contributed by atoms with Gasteiger partial charge in [0, 0.05) is 17.8 Å². The number of benzene rings is 1. The first kappa shape index (κ1) is 18.6. The van der Waals surface area contributed by atoms with Gasteiger partial charge in [-0.25, -0.2) is 0 Å². The Kier molecular flexibility index (Phi) is 6.04. The van der Waals surface area contributed by atoms with Crippen LogP contribution in [0.1, 0.15) is 17.4 Å². The van der Waals surface area contributed by atoms with Gasteiger partial charge >= 0.3 is 0 Å². The summed E-state index contributed by atoms with van der Waals surface area (Å²) in [5.41, 5.74) is 2.60. The van der Waals surface area contributed by atoms with Gasteiger partial charge in [-0.1, -0.05) is 48.9 Å². The van der Waals surface area contributed by atoms with Crippen LogP contribution in [-0.4, -0.2) is 10.1 Å². The molecular formula is C20H18ClN2OS2+. The van der Waals surface area contributed by atoms with E-state index in [4.69, 9.17) is 23.8 Å². The summed E-state index contributed by atoms with van der Waals surface area (Å²) in [6.45, 7) is 2.11. The molecule has 0 fully saturated rings. The lowest BCUT2D eigenvalue weighted by Gasteiger charge is -2.10. The van der Waals surface area contributed by atoms with Crippen LogP contribution in [0.25, 0.3) is 11.5 Å². The number of anilines is 1. The van der Waals surface area contributed by atoms with E-state index in [9.17, 15) is 5.11 Å². The third-order valence-corrected chi connectivity index (χ3v) is 5.35. The van der Waals surface area contributed by atoms with Crippen LogP contribution in [0.15, 0.2) is 67.0 Å². The molecule has 0 aliphatic carbocycles. The maximum Gasteiger partial charge on any atom is 0.289 e. The fourth-order valence-corrected chi connectivity index (χ4v) is 3.82. The van der Waals surface area contributed by atoms with Crippen molar-refractivity contribution in [2.75, 3.05) is 5.32 Å². The number of aliphatic hydroxyl groups is 1. The lowest BCUT2D eigenvalue weighted by molar-refractivity contribution is -0.575. The molecule has 2 aromatic heterocycles. The van der Waals surface area contributed by atoms with Crippen molar-refractivity contribution in [1.82, 2.24) is 0 Å². The Morgan fingerprint density at radius 1 is 1.15 bits per heavy atom. The van der Waals surface area contributed by atoms with Crippen molar-refractivity contribution in [3.05, 3.63) is 81.8 Å². The molecule has 0 saturated heterocycles. The Balaban J connectivity index is 2.01. The molecule has 0 aliphatic heterocycles. The van der Waals surface area contributed by atoms with Crippen molar-refractivity contribution in [3.63, 3.8) is 0 Å². The van der Waals surface area contributed by atoms with Crippen LogP contribution in [0.2, 0.25) is 4.34 Å². The quantitative estimate of drug-likeness (QED) is 0.254. The molecule has 0 unspecified atom stereocenters. The molecule has 0 saturated carbocycles. The van der Waals surface area contributed by atoms with Gasteiger partial charge in [-0.3, -0.25) is 0 Å². The maximum atomic E-state index is 10.9. The zero-order valence-corrected chi connectivity index (χ0v) is 16.5. The van der Waals surface area contributed by atoms with Crippen LogP contribution in [0.4, 0.5) is 5.69 Å². The number of nitrogens with one attached hydrogen (secondary N) is 1. The summed E-state index contributed by atoms with van der Waals surface area (Å²) in [4.78, 5) is 1.09. The topological polar surface area (TPSA) is 36.1 Å². The number of hydrogen-bond donors (Lipinski definition) is 2. The molecule has 0 radical (unpaired) electrons. The maximum absolute atomic E-state index is 10.9. The molecule has 3 rings (SSSR count). The van der Waals surface area contributed by atoms with Crippen molar-refractivity contribution >= 4 is 57.3 Å². The first-order chi connectivity index (χ1) is 12.6. The fraction of sp³-hybridized carbons (Fsp3) is 0.100. The number of halogens is 1. The van der Waals surface area contributed by atoms with Gasteiger partial charge in [0.15, 0.2) is 17.4 Å². The number of thiophene rings is 1. The third-order valence-electron chi connectivity index (χ3n) is 3.81. The number of aryl methyl sites for hydroxylation is 1. The Hall–Kier alpha value is -2.21. The normalized spacial score (nSPS) is 11.8. The standard InChI is InChI=1S/C20H17ClN2OS2/c1-2-14-7-6-8-15(13-14)22-20(25)18(23-11-4-3-5-12-23)19(24)16-9-10-17(21)26-16/h3-13H,2H2,1H3,(H-,22,24,25)/p+1. The second-order valence-corrected chi connectivity index (χ2v) is 7.72. The molecule has 0 atom stereocenters. The summed E-state index contributed by atoms with van der Waals surface area (Å²) >= 11 is 13.0. The molecule has 0 bridgehead atoms. The Morgan fingerprint density at radius 2 is 1.92 bits per heavy atom. The molecule has 2 heterocycles. The lowest BCUT2D eigenvalue weighted by Crippen LogP contribution is -2.38. The molecule has 132 valence electrons. The van der Waals surface area contributed by atoms with Gasteiger partial charge in [-0.15, -0.1) is 11.3 Å². The molecule has 26 heavy (non-hydrogen) atoms. The van der Waals surface area contributed by atoms with Gasteiger partial charge in [0.2, 0.25) is 5.76 Å². The van der Waals surface area contributed by atoms with Crippen molar-refractivity contribution in [2.45, 2.75) is 13.3 Å². The fourth-order valence-electron chi connectivity index (χ4n) is 2.51. The largest absolute Gasteiger partial charge is 0.501 e. The average molecular weight is 402 g/mol. The molecule has 6 heteroatoms. The highest BCUT2D eigenvalue weighted by Gasteiger charge is 2.24. The highest BCUT2D eigenvalue weighted by atomic mass is 35.5. The molecule has 3 nitrogen and oxygen atoms in total. The molecule has 0 aliphatic rings. The van der Waals surface area contributed by atoms with Gasteiger partial charge in [-0.05, 0) is 36.2 Å². The van der Waals surface area contributed by atoms with E-state index in [0.717, 1.165) is 12.1 Å². The van der Waals surface area contributed by atoms with Crippen LogP contribution in [0, 0.1) is 0 Å². The van der Waals surface area contributed by atoms with E-state index in [0.29, 0.717) is 19.9 Å². The van der Waals surface area contributed by atoms with Crippen molar-refractivity contribution < 1.29 is 9.67 Å². The number of thiocarbonyl (C=S) groups is 1. The van der Waals surface area contributed by atoms with Gasteiger partial charge in [0.05, 0.1) is 9.21 Å². The number of nitrogens with zero attached hydrogens (tertiary/aromatic N) is 1. The zero-order chi connectivity index (χ0) is 18.5. The van der Waals surface area contributed by atoms with E-state index < -0.39 is 0 Å². The second kappa shape index (κ2) is 8.45. The Labute approximate surface area is 167 Å². The van der Waals surface area contributed by atoms with Crippen LogP contribution in [0.5, 0.6) is 0 Å². The molecule has 1 aromatic carbocycles. The van der Waals surface area contributed by atoms with Crippen molar-refractivity contribution in [2.24, 2.45) is 0 Å². The van der Waals surface area contributed by atoms with E-state index in [1.165, 1.54) is 16.9 Å². The van der Waals surface area contributed by atoms with E-state index >= 15 is 0 Å². The van der Waals surface area contributed by atoms with E-state index in [1.807, 2.05) is 42.7 Å². The molecule has 2 N–H and O–H groups in total. The zero-order valence-electron chi connectivity index (χ0n) is 14.1. The number of hydrogen-bond acceptors (Lipinski definition) is 3. The lowest BCUT2D eigenvalue weighted by atomic mass is 10.1. The van der Waals surface area contributed by atoms with Crippen LogP contribution >= 0.6 is 35.2 Å². The number of pyridine rings is 1. The minimum absolute atomic E-state index is 0.0854. The predicted molar refractivity (Wildman–Crippen MR) is 114 cm³/mol. The minimum atomic E-state index is 0.0854. The molecule has 0 spiro atoms. The Bertz CT molecular complexity index is 951. The highest BCUT2D eigenvalue weighted by molar-refractivity contribution is 7.81. The molecular weight excluding hydrogens is 384 g/mol. The number of aliphatic hydroxyl groups excluding tert-OH is 1. The highest BCUT2D eigenvalue weighted by Crippen LogP contribution is 2.28. The van der Waals surface area contributed by atoms with Crippen LogP contribution in [-0.2, 0) is 6.42 Å². The first-order valence-electron chi connectivity index (χ1n) is 8.14.